The van der Waals surface area contributed by atoms with Gasteiger partial charge in [-0.3, -0.25) is 4.79 Å². The van der Waals surface area contributed by atoms with Crippen molar-refractivity contribution in [1.29, 1.82) is 0 Å². The van der Waals surface area contributed by atoms with Crippen LogP contribution in [0.2, 0.25) is 0 Å². The Kier molecular flexibility index (Phi) is 7.69. The van der Waals surface area contributed by atoms with Crippen LogP contribution in [0.5, 0.6) is 5.75 Å². The fourth-order valence-corrected chi connectivity index (χ4v) is 5.39. The van der Waals surface area contributed by atoms with Crippen molar-refractivity contribution in [3.8, 4) is 5.75 Å². The Morgan fingerprint density at radius 2 is 1.80 bits per heavy atom. The molecule has 1 heterocycles. The third-order valence-electron chi connectivity index (χ3n) is 5.46. The van der Waals surface area contributed by atoms with Crippen LogP contribution < -0.4 is 10.5 Å². The van der Waals surface area contributed by atoms with Gasteiger partial charge in [0.15, 0.2) is 9.84 Å². The highest BCUT2D eigenvalue weighted by Crippen LogP contribution is 2.35. The molecule has 1 fully saturated rings. The summed E-state index contributed by atoms with van der Waals surface area (Å²) in [6.45, 7) is 8.86. The summed E-state index contributed by atoms with van der Waals surface area (Å²) in [6, 6.07) is 6.14. The summed E-state index contributed by atoms with van der Waals surface area (Å²) in [6.07, 6.45) is 1.71. The van der Waals surface area contributed by atoms with Crippen LogP contribution in [0.25, 0.3) is 0 Å². The summed E-state index contributed by atoms with van der Waals surface area (Å²) in [5, 5.41) is 0. The molecule has 1 saturated heterocycles. The maximum absolute atomic E-state index is 13.0. The molecule has 1 amide bonds. The van der Waals surface area contributed by atoms with Crippen LogP contribution in [0.15, 0.2) is 41.1 Å². The predicted molar refractivity (Wildman–Crippen MR) is 116 cm³/mol. The number of halogens is 1. The lowest BCUT2D eigenvalue weighted by Crippen LogP contribution is -2.48. The van der Waals surface area contributed by atoms with Crippen molar-refractivity contribution in [2.45, 2.75) is 45.4 Å². The first-order valence-corrected chi connectivity index (χ1v) is 11.8. The third-order valence-corrected chi connectivity index (χ3v) is 7.53. The van der Waals surface area contributed by atoms with Gasteiger partial charge in [-0.25, -0.2) is 12.8 Å². The van der Waals surface area contributed by atoms with Crippen LogP contribution >= 0.6 is 0 Å². The number of nitrogens with zero attached hydrogens (tertiary/aromatic N) is 1. The highest BCUT2D eigenvalue weighted by Gasteiger charge is 2.38. The highest BCUT2D eigenvalue weighted by molar-refractivity contribution is 7.91. The summed E-state index contributed by atoms with van der Waals surface area (Å²) < 4.78 is 43.9. The first-order valence-electron chi connectivity index (χ1n) is 10.1. The molecule has 2 N–H and O–H groups in total. The summed E-state index contributed by atoms with van der Waals surface area (Å²) >= 11 is 0. The quantitative estimate of drug-likeness (QED) is 0.702. The minimum atomic E-state index is -3.49. The number of carbonyl (C=O) groups is 1. The molecule has 2 rings (SSSR count). The zero-order chi connectivity index (χ0) is 22.6. The van der Waals surface area contributed by atoms with Gasteiger partial charge in [-0.1, -0.05) is 27.7 Å². The number of rotatable bonds is 7. The number of likely N-dealkylation sites (tertiary alicyclic amines) is 1. The Balaban J connectivity index is 2.00. The van der Waals surface area contributed by atoms with Gasteiger partial charge in [0, 0.05) is 30.6 Å². The zero-order valence-corrected chi connectivity index (χ0v) is 19.1. The van der Waals surface area contributed by atoms with Crippen molar-refractivity contribution in [1.82, 2.24) is 4.90 Å². The Hall–Kier alpha value is -1.93. The van der Waals surface area contributed by atoms with E-state index in [0.717, 1.165) is 0 Å². The lowest BCUT2D eigenvalue weighted by molar-refractivity contribution is -0.141. The molecule has 1 aliphatic rings. The Bertz CT molecular complexity index is 865. The Morgan fingerprint density at radius 3 is 2.27 bits per heavy atom. The zero-order valence-electron chi connectivity index (χ0n) is 18.3. The lowest BCUT2D eigenvalue weighted by Gasteiger charge is -2.41. The van der Waals surface area contributed by atoms with Gasteiger partial charge in [0.1, 0.15) is 12.4 Å². The van der Waals surface area contributed by atoms with Crippen molar-refractivity contribution in [3.05, 3.63) is 36.2 Å². The van der Waals surface area contributed by atoms with Crippen molar-refractivity contribution in [2.24, 2.45) is 16.6 Å². The number of piperidine rings is 1. The largest absolute Gasteiger partial charge is 0.489 e. The summed E-state index contributed by atoms with van der Waals surface area (Å²) in [5.74, 6) is 0.574. The molecule has 168 valence electrons. The van der Waals surface area contributed by atoms with Crippen molar-refractivity contribution in [3.63, 3.8) is 0 Å². The van der Waals surface area contributed by atoms with Crippen molar-refractivity contribution in [2.75, 3.05) is 32.0 Å². The van der Waals surface area contributed by atoms with Gasteiger partial charge in [0.2, 0.25) is 5.91 Å². The van der Waals surface area contributed by atoms with Gasteiger partial charge in [0.25, 0.3) is 0 Å². The molecule has 1 aromatic carbocycles. The molecule has 0 aliphatic carbocycles. The molecular formula is C22H33FN2O4S. The Morgan fingerprint density at radius 1 is 1.23 bits per heavy atom. The Labute approximate surface area is 179 Å². The molecule has 0 radical (unpaired) electrons. The van der Waals surface area contributed by atoms with E-state index in [-0.39, 0.29) is 35.1 Å². The molecule has 0 saturated carbocycles. The van der Waals surface area contributed by atoms with E-state index in [1.54, 1.807) is 12.1 Å². The number of benzene rings is 1. The number of amides is 1. The molecule has 0 spiro atoms. The topological polar surface area (TPSA) is 89.7 Å². The van der Waals surface area contributed by atoms with Crippen LogP contribution in [0.4, 0.5) is 4.39 Å². The third kappa shape index (κ3) is 6.28. The summed E-state index contributed by atoms with van der Waals surface area (Å²) in [4.78, 5) is 14.5. The molecular weight excluding hydrogens is 407 g/mol. The number of hydrogen-bond acceptors (Lipinski definition) is 5. The molecule has 0 aromatic heterocycles. The van der Waals surface area contributed by atoms with E-state index in [9.17, 15) is 17.6 Å². The standard InChI is InChI=1S/C22H33FN2O4S/c1-21(2,3)20(26)25-11-9-22(4,10-12-25)16-30(27,28)19-7-5-18(6-8-19)29-15-17(13-23)14-24/h5-8,13H,9-12,14-16,24H2,1-4H3/b17-13+. The minimum Gasteiger partial charge on any atom is -0.489 e. The average Bonchev–Trinajstić information content (AvgIpc) is 2.68. The van der Waals surface area contributed by atoms with Gasteiger partial charge in [0.05, 0.1) is 17.0 Å². The first-order chi connectivity index (χ1) is 13.9. The molecule has 8 heteroatoms. The second-order valence-corrected chi connectivity index (χ2v) is 11.3. The fourth-order valence-electron chi connectivity index (χ4n) is 3.46. The average molecular weight is 441 g/mol. The van der Waals surface area contributed by atoms with Crippen LogP contribution in [-0.4, -0.2) is 51.2 Å². The van der Waals surface area contributed by atoms with Gasteiger partial charge in [-0.15, -0.1) is 0 Å². The first kappa shape index (κ1) is 24.3. The van der Waals surface area contributed by atoms with Gasteiger partial charge in [-0.2, -0.15) is 0 Å². The van der Waals surface area contributed by atoms with E-state index in [1.807, 2.05) is 32.6 Å². The van der Waals surface area contributed by atoms with E-state index in [2.05, 4.69) is 0 Å². The van der Waals surface area contributed by atoms with E-state index in [4.69, 9.17) is 10.5 Å². The van der Waals surface area contributed by atoms with Gasteiger partial charge < -0.3 is 15.4 Å². The van der Waals surface area contributed by atoms with Crippen LogP contribution in [0.3, 0.4) is 0 Å². The van der Waals surface area contributed by atoms with Crippen molar-refractivity contribution < 1.29 is 22.3 Å². The van der Waals surface area contributed by atoms with Crippen LogP contribution in [0, 0.1) is 10.8 Å². The normalized spacial score (nSPS) is 17.7. The maximum Gasteiger partial charge on any atom is 0.227 e. The molecule has 1 aliphatic heterocycles. The van der Waals surface area contributed by atoms with Crippen LogP contribution in [0.1, 0.15) is 40.5 Å². The number of sulfone groups is 1. The molecule has 0 atom stereocenters. The predicted octanol–water partition coefficient (Wildman–Crippen LogP) is 3.33. The van der Waals surface area contributed by atoms with E-state index < -0.39 is 15.3 Å². The molecule has 6 nitrogen and oxygen atoms in total. The number of nitrogens with two attached hydrogens (primary N) is 1. The van der Waals surface area contributed by atoms with E-state index >= 15 is 0 Å². The molecule has 30 heavy (non-hydrogen) atoms. The minimum absolute atomic E-state index is 0.0148. The van der Waals surface area contributed by atoms with Crippen LogP contribution in [-0.2, 0) is 14.6 Å². The molecule has 1 aromatic rings. The second-order valence-electron chi connectivity index (χ2n) is 9.34. The maximum atomic E-state index is 13.0. The summed E-state index contributed by atoms with van der Waals surface area (Å²) in [5.41, 5.74) is 4.88. The highest BCUT2D eigenvalue weighted by atomic mass is 32.2. The smallest absolute Gasteiger partial charge is 0.227 e. The molecule has 0 bridgehead atoms. The number of hydrogen-bond donors (Lipinski definition) is 1. The number of ether oxygens (including phenoxy) is 1. The van der Waals surface area contributed by atoms with Crippen molar-refractivity contribution >= 4 is 15.7 Å². The summed E-state index contributed by atoms with van der Waals surface area (Å²) in [7, 11) is -3.49. The monoisotopic (exact) mass is 440 g/mol. The molecule has 0 unspecified atom stereocenters. The fraction of sp³-hybridized carbons (Fsp3) is 0.591. The second kappa shape index (κ2) is 9.47. The van der Waals surface area contributed by atoms with E-state index in [0.29, 0.717) is 43.6 Å². The van der Waals surface area contributed by atoms with Gasteiger partial charge in [-0.05, 0) is 42.5 Å². The number of carbonyl (C=O) groups excluding carboxylic acids is 1. The van der Waals surface area contributed by atoms with Gasteiger partial charge >= 0.3 is 0 Å². The van der Waals surface area contributed by atoms with E-state index in [1.165, 1.54) is 12.1 Å². The SMILES string of the molecule is CC1(CS(=O)(=O)c2ccc(OC/C(=C/F)CN)cc2)CCN(C(=O)C(C)(C)C)CC1. The lowest BCUT2D eigenvalue weighted by atomic mass is 9.81.